The van der Waals surface area contributed by atoms with E-state index >= 15 is 0 Å². The Balaban J connectivity index is 2.13. The highest BCUT2D eigenvalue weighted by Crippen LogP contribution is 2.28. The van der Waals surface area contributed by atoms with Crippen LogP contribution in [0.4, 0.5) is 5.69 Å². The van der Waals surface area contributed by atoms with Gasteiger partial charge in [-0.05, 0) is 50.3 Å². The number of nitrogens with two attached hydrogens (primary N) is 1. The van der Waals surface area contributed by atoms with Crippen molar-refractivity contribution in [3.8, 4) is 0 Å². The minimum absolute atomic E-state index is 0.0407. The lowest BCUT2D eigenvalue weighted by Crippen LogP contribution is -2.39. The fourth-order valence-corrected chi connectivity index (χ4v) is 4.38. The second-order valence-corrected chi connectivity index (χ2v) is 7.53. The average molecular weight is 296 g/mol. The molecule has 1 saturated carbocycles. The van der Waals surface area contributed by atoms with E-state index in [2.05, 4.69) is 4.72 Å². The molecule has 0 radical (unpaired) electrons. The molecular weight excluding hydrogens is 272 g/mol. The van der Waals surface area contributed by atoms with E-state index in [0.29, 0.717) is 11.6 Å². The van der Waals surface area contributed by atoms with Crippen LogP contribution in [-0.2, 0) is 10.0 Å². The van der Waals surface area contributed by atoms with Gasteiger partial charge in [0.25, 0.3) is 0 Å². The maximum absolute atomic E-state index is 12.4. The molecule has 1 fully saturated rings. The maximum Gasteiger partial charge on any atom is 0.242 e. The van der Waals surface area contributed by atoms with Crippen molar-refractivity contribution in [1.82, 2.24) is 4.72 Å². The lowest BCUT2D eigenvalue weighted by atomic mass is 9.85. The van der Waals surface area contributed by atoms with E-state index in [1.54, 1.807) is 18.2 Å². The summed E-state index contributed by atoms with van der Waals surface area (Å²) in [5.41, 5.74) is 7.12. The molecule has 5 heteroatoms. The number of hydrogen-bond donors (Lipinski definition) is 2. The fraction of sp³-hybridized carbons (Fsp3) is 0.600. The minimum atomic E-state index is -3.53. The second-order valence-electron chi connectivity index (χ2n) is 5.85. The predicted molar refractivity (Wildman–Crippen MR) is 81.9 cm³/mol. The van der Waals surface area contributed by atoms with E-state index in [4.69, 9.17) is 5.73 Å². The van der Waals surface area contributed by atoms with Crippen molar-refractivity contribution in [3.05, 3.63) is 23.8 Å². The summed E-state index contributed by atoms with van der Waals surface area (Å²) >= 11 is 0. The zero-order valence-corrected chi connectivity index (χ0v) is 13.0. The van der Waals surface area contributed by atoms with Gasteiger partial charge in [0.1, 0.15) is 4.90 Å². The molecule has 1 aliphatic rings. The Kier molecular flexibility index (Phi) is 4.70. The van der Waals surface area contributed by atoms with Gasteiger partial charge in [0.05, 0.1) is 5.69 Å². The zero-order chi connectivity index (χ0) is 14.8. The van der Waals surface area contributed by atoms with Gasteiger partial charge in [-0.25, -0.2) is 13.1 Å². The van der Waals surface area contributed by atoms with Gasteiger partial charge in [0.15, 0.2) is 0 Å². The zero-order valence-electron chi connectivity index (χ0n) is 12.2. The number of benzene rings is 1. The second kappa shape index (κ2) is 6.14. The first-order valence-corrected chi connectivity index (χ1v) is 8.77. The molecule has 1 unspecified atom stereocenters. The van der Waals surface area contributed by atoms with Crippen LogP contribution in [-0.4, -0.2) is 14.5 Å². The summed E-state index contributed by atoms with van der Waals surface area (Å²) in [6.07, 6.45) is 5.87. The topological polar surface area (TPSA) is 72.2 Å². The van der Waals surface area contributed by atoms with Gasteiger partial charge < -0.3 is 5.73 Å². The van der Waals surface area contributed by atoms with E-state index in [9.17, 15) is 8.42 Å². The summed E-state index contributed by atoms with van der Waals surface area (Å²) < 4.78 is 27.6. The third-order valence-electron chi connectivity index (χ3n) is 4.15. The van der Waals surface area contributed by atoms with Gasteiger partial charge in [-0.1, -0.05) is 25.3 Å². The summed E-state index contributed by atoms with van der Waals surface area (Å²) in [4.78, 5) is 0.186. The van der Waals surface area contributed by atoms with Gasteiger partial charge in [0, 0.05) is 6.04 Å². The van der Waals surface area contributed by atoms with Crippen LogP contribution in [0.3, 0.4) is 0 Å². The molecule has 1 aliphatic carbocycles. The lowest BCUT2D eigenvalue weighted by molar-refractivity contribution is 0.303. The lowest BCUT2D eigenvalue weighted by Gasteiger charge is -2.28. The van der Waals surface area contributed by atoms with E-state index in [1.165, 1.54) is 19.3 Å². The van der Waals surface area contributed by atoms with Crippen molar-refractivity contribution in [2.24, 2.45) is 5.92 Å². The van der Waals surface area contributed by atoms with Crippen molar-refractivity contribution < 1.29 is 8.42 Å². The highest BCUT2D eigenvalue weighted by Gasteiger charge is 2.26. The molecule has 4 nitrogen and oxygen atoms in total. The number of rotatable bonds is 4. The van der Waals surface area contributed by atoms with Crippen molar-refractivity contribution in [1.29, 1.82) is 0 Å². The molecule has 0 aliphatic heterocycles. The Bertz CT molecular complexity index is 563. The number of sulfonamides is 1. The highest BCUT2D eigenvalue weighted by atomic mass is 32.2. The smallest absolute Gasteiger partial charge is 0.242 e. The van der Waals surface area contributed by atoms with Gasteiger partial charge in [0.2, 0.25) is 10.0 Å². The average Bonchev–Trinajstić information content (AvgIpc) is 2.38. The molecular formula is C15H24N2O2S. The largest absolute Gasteiger partial charge is 0.398 e. The Morgan fingerprint density at radius 1 is 1.25 bits per heavy atom. The monoisotopic (exact) mass is 296 g/mol. The molecule has 2 rings (SSSR count). The SMILES string of the molecule is Cc1ccc(S(=O)(=O)NC(C)C2CCCCC2)c(N)c1. The molecule has 112 valence electrons. The molecule has 0 amide bonds. The third kappa shape index (κ3) is 3.52. The van der Waals surface area contributed by atoms with Crippen molar-refractivity contribution in [3.63, 3.8) is 0 Å². The van der Waals surface area contributed by atoms with Crippen molar-refractivity contribution in [2.45, 2.75) is 56.9 Å². The summed E-state index contributed by atoms with van der Waals surface area (Å²) in [6, 6.07) is 5.01. The fourth-order valence-electron chi connectivity index (χ4n) is 2.95. The van der Waals surface area contributed by atoms with Crippen LogP contribution in [0.5, 0.6) is 0 Å². The number of nitrogens with one attached hydrogen (secondary N) is 1. The predicted octanol–water partition coefficient (Wildman–Crippen LogP) is 2.82. The molecule has 20 heavy (non-hydrogen) atoms. The van der Waals surface area contributed by atoms with Crippen LogP contribution in [0.1, 0.15) is 44.6 Å². The van der Waals surface area contributed by atoms with Gasteiger partial charge >= 0.3 is 0 Å². The summed E-state index contributed by atoms with van der Waals surface area (Å²) in [5.74, 6) is 0.435. The Morgan fingerprint density at radius 3 is 2.50 bits per heavy atom. The van der Waals surface area contributed by atoms with Crippen molar-refractivity contribution in [2.75, 3.05) is 5.73 Å². The standard InChI is InChI=1S/C15H24N2O2S/c1-11-8-9-15(14(16)10-11)20(18,19)17-12(2)13-6-4-3-5-7-13/h8-10,12-13,17H,3-7,16H2,1-2H3. The molecule has 0 bridgehead atoms. The van der Waals surface area contributed by atoms with Crippen molar-refractivity contribution >= 4 is 15.7 Å². The maximum atomic E-state index is 12.4. The number of aryl methyl sites for hydroxylation is 1. The van der Waals surface area contributed by atoms with Crippen LogP contribution in [0.2, 0.25) is 0 Å². The minimum Gasteiger partial charge on any atom is -0.398 e. The van der Waals surface area contributed by atoms with E-state index in [0.717, 1.165) is 18.4 Å². The van der Waals surface area contributed by atoms with Gasteiger partial charge in [-0.3, -0.25) is 0 Å². The molecule has 0 saturated heterocycles. The Morgan fingerprint density at radius 2 is 1.90 bits per heavy atom. The quantitative estimate of drug-likeness (QED) is 0.839. The molecule has 1 aromatic carbocycles. The van der Waals surface area contributed by atoms with Crippen LogP contribution >= 0.6 is 0 Å². The van der Waals surface area contributed by atoms with E-state index < -0.39 is 10.0 Å². The summed E-state index contributed by atoms with van der Waals surface area (Å²) in [6.45, 7) is 3.85. The normalized spacial score (nSPS) is 18.9. The molecule has 1 aromatic rings. The van der Waals surface area contributed by atoms with E-state index in [-0.39, 0.29) is 10.9 Å². The first-order valence-electron chi connectivity index (χ1n) is 7.28. The van der Waals surface area contributed by atoms with Crippen LogP contribution in [0.15, 0.2) is 23.1 Å². The molecule has 0 aromatic heterocycles. The Hall–Kier alpha value is -1.07. The third-order valence-corrected chi connectivity index (χ3v) is 5.79. The molecule has 1 atom stereocenters. The number of hydrogen-bond acceptors (Lipinski definition) is 3. The first kappa shape index (κ1) is 15.3. The van der Waals surface area contributed by atoms with Crippen LogP contribution in [0, 0.1) is 12.8 Å². The summed E-state index contributed by atoms with van der Waals surface area (Å²) in [5, 5.41) is 0. The van der Waals surface area contributed by atoms with Gasteiger partial charge in [-0.2, -0.15) is 0 Å². The summed E-state index contributed by atoms with van der Waals surface area (Å²) in [7, 11) is -3.53. The van der Waals surface area contributed by atoms with Crippen LogP contribution < -0.4 is 10.5 Å². The van der Waals surface area contributed by atoms with Gasteiger partial charge in [-0.15, -0.1) is 0 Å². The molecule has 0 spiro atoms. The van der Waals surface area contributed by atoms with Crippen LogP contribution in [0.25, 0.3) is 0 Å². The molecule has 3 N–H and O–H groups in total. The molecule has 0 heterocycles. The Labute approximate surface area is 121 Å². The first-order chi connectivity index (χ1) is 9.40. The van der Waals surface area contributed by atoms with E-state index in [1.807, 2.05) is 13.8 Å². The number of nitrogen functional groups attached to an aromatic ring is 1. The highest BCUT2D eigenvalue weighted by molar-refractivity contribution is 7.89. The number of anilines is 1.